The average Bonchev–Trinajstić information content (AvgIpc) is 2.45. The minimum Gasteiger partial charge on any atom is -0.314 e. The summed E-state index contributed by atoms with van der Waals surface area (Å²) < 4.78 is 13.6. The van der Waals surface area contributed by atoms with E-state index in [9.17, 15) is 4.21 Å². The predicted molar refractivity (Wildman–Crippen MR) is 84.9 cm³/mol. The first-order valence-corrected chi connectivity index (χ1v) is 9.11. The minimum atomic E-state index is -0.865. The highest BCUT2D eigenvalue weighted by Crippen LogP contribution is 2.27. The van der Waals surface area contributed by atoms with Crippen LogP contribution in [0.2, 0.25) is 0 Å². The van der Waals surface area contributed by atoms with Gasteiger partial charge in [-0.1, -0.05) is 29.3 Å². The van der Waals surface area contributed by atoms with Crippen LogP contribution >= 0.6 is 15.9 Å². The van der Waals surface area contributed by atoms with Crippen molar-refractivity contribution in [1.82, 2.24) is 5.32 Å². The van der Waals surface area contributed by atoms with Gasteiger partial charge in [0.2, 0.25) is 0 Å². The Morgan fingerprint density at radius 1 is 1.32 bits per heavy atom. The van der Waals surface area contributed by atoms with Gasteiger partial charge in [-0.15, -0.1) is 0 Å². The summed E-state index contributed by atoms with van der Waals surface area (Å²) >= 11 is 3.42. The Labute approximate surface area is 127 Å². The number of halogens is 1. The molecule has 1 aromatic rings. The van der Waals surface area contributed by atoms with E-state index in [4.69, 9.17) is 0 Å². The summed E-state index contributed by atoms with van der Waals surface area (Å²) in [6.07, 6.45) is 5.72. The molecule has 2 nitrogen and oxygen atoms in total. The molecular weight excluding hydrogens is 322 g/mol. The normalized spacial score (nSPS) is 25.2. The molecule has 0 bridgehead atoms. The molecule has 0 aromatic heterocycles. The Kier molecular flexibility index (Phi) is 6.05. The lowest BCUT2D eigenvalue weighted by Gasteiger charge is -2.29. The maximum absolute atomic E-state index is 12.6. The fraction of sp³-hybridized carbons (Fsp3) is 0.600. The van der Waals surface area contributed by atoms with E-state index in [-0.39, 0.29) is 0 Å². The standard InChI is InChI=1S/C15H22BrNOS/c1-2-10-17-13-4-3-5-15(11-13)19(18)14-8-6-12(16)7-9-14/h6-9,13,15,17H,2-5,10-11H2,1H3. The van der Waals surface area contributed by atoms with E-state index in [0.29, 0.717) is 11.3 Å². The Morgan fingerprint density at radius 3 is 2.74 bits per heavy atom. The molecule has 0 saturated heterocycles. The number of benzene rings is 1. The van der Waals surface area contributed by atoms with Crippen LogP contribution in [0.1, 0.15) is 39.0 Å². The van der Waals surface area contributed by atoms with Crippen molar-refractivity contribution in [2.45, 2.75) is 55.2 Å². The summed E-state index contributed by atoms with van der Waals surface area (Å²) in [7, 11) is -0.865. The SMILES string of the molecule is CCCNC1CCCC(S(=O)c2ccc(Br)cc2)C1. The van der Waals surface area contributed by atoms with Gasteiger partial charge in [0.1, 0.15) is 0 Å². The zero-order valence-corrected chi connectivity index (χ0v) is 13.8. The number of hydrogen-bond donors (Lipinski definition) is 1. The quantitative estimate of drug-likeness (QED) is 0.879. The summed E-state index contributed by atoms with van der Waals surface area (Å²) in [6, 6.07) is 8.45. The summed E-state index contributed by atoms with van der Waals surface area (Å²) in [5.41, 5.74) is 0. The zero-order chi connectivity index (χ0) is 13.7. The first-order valence-electron chi connectivity index (χ1n) is 7.10. The molecule has 4 heteroatoms. The Morgan fingerprint density at radius 2 is 2.05 bits per heavy atom. The van der Waals surface area contributed by atoms with Crippen LogP contribution in [0.25, 0.3) is 0 Å². The number of hydrogen-bond acceptors (Lipinski definition) is 2. The molecule has 19 heavy (non-hydrogen) atoms. The summed E-state index contributed by atoms with van der Waals surface area (Å²) in [4.78, 5) is 0.962. The second kappa shape index (κ2) is 7.55. The molecule has 1 aliphatic carbocycles. The van der Waals surface area contributed by atoms with Gasteiger partial charge < -0.3 is 5.32 Å². The third kappa shape index (κ3) is 4.40. The second-order valence-electron chi connectivity index (χ2n) is 5.19. The summed E-state index contributed by atoms with van der Waals surface area (Å²) in [6.45, 7) is 3.26. The van der Waals surface area contributed by atoms with Gasteiger partial charge in [-0.2, -0.15) is 0 Å². The van der Waals surface area contributed by atoms with Gasteiger partial charge in [-0.25, -0.2) is 0 Å². The van der Waals surface area contributed by atoms with Crippen molar-refractivity contribution in [3.05, 3.63) is 28.7 Å². The molecule has 1 fully saturated rings. The van der Waals surface area contributed by atoms with Crippen LogP contribution in [-0.2, 0) is 10.8 Å². The molecule has 3 unspecified atom stereocenters. The molecule has 1 saturated carbocycles. The number of rotatable bonds is 5. The lowest BCUT2D eigenvalue weighted by molar-refractivity contribution is 0.378. The highest BCUT2D eigenvalue weighted by molar-refractivity contribution is 9.10. The predicted octanol–water partition coefficient (Wildman–Crippen LogP) is 3.87. The van der Waals surface area contributed by atoms with E-state index in [1.165, 1.54) is 12.8 Å². The molecule has 0 heterocycles. The number of nitrogens with one attached hydrogen (secondary N) is 1. The topological polar surface area (TPSA) is 29.1 Å². The lowest BCUT2D eigenvalue weighted by Crippen LogP contribution is -2.37. The molecule has 3 atom stereocenters. The fourth-order valence-corrected chi connectivity index (χ4v) is 4.48. The van der Waals surface area contributed by atoms with Gasteiger partial charge in [-0.3, -0.25) is 4.21 Å². The zero-order valence-electron chi connectivity index (χ0n) is 11.4. The first kappa shape index (κ1) is 15.2. The van der Waals surface area contributed by atoms with E-state index in [2.05, 4.69) is 28.2 Å². The van der Waals surface area contributed by atoms with Crippen molar-refractivity contribution in [2.75, 3.05) is 6.54 Å². The van der Waals surface area contributed by atoms with E-state index in [1.807, 2.05) is 24.3 Å². The Balaban J connectivity index is 1.96. The van der Waals surface area contributed by atoms with Crippen molar-refractivity contribution in [1.29, 1.82) is 0 Å². The van der Waals surface area contributed by atoms with Crippen LogP contribution in [0, 0.1) is 0 Å². The van der Waals surface area contributed by atoms with Crippen LogP contribution in [-0.4, -0.2) is 22.0 Å². The van der Waals surface area contributed by atoms with E-state index < -0.39 is 10.8 Å². The minimum absolute atomic E-state index is 0.310. The molecule has 106 valence electrons. The van der Waals surface area contributed by atoms with Crippen LogP contribution in [0.15, 0.2) is 33.6 Å². The fourth-order valence-electron chi connectivity index (χ4n) is 2.63. The summed E-state index contributed by atoms with van der Waals surface area (Å²) in [5, 5.41) is 3.88. The third-order valence-electron chi connectivity index (χ3n) is 3.66. The summed E-state index contributed by atoms with van der Waals surface area (Å²) in [5.74, 6) is 0. The van der Waals surface area contributed by atoms with Crippen molar-refractivity contribution in [2.24, 2.45) is 0 Å². The molecule has 0 spiro atoms. The van der Waals surface area contributed by atoms with E-state index >= 15 is 0 Å². The van der Waals surface area contributed by atoms with Crippen LogP contribution in [0.3, 0.4) is 0 Å². The second-order valence-corrected chi connectivity index (χ2v) is 7.84. The largest absolute Gasteiger partial charge is 0.314 e. The maximum Gasteiger partial charge on any atom is 0.0561 e. The third-order valence-corrected chi connectivity index (χ3v) is 5.96. The molecule has 2 rings (SSSR count). The highest BCUT2D eigenvalue weighted by Gasteiger charge is 2.26. The van der Waals surface area contributed by atoms with Gasteiger partial charge in [0.25, 0.3) is 0 Å². The highest BCUT2D eigenvalue weighted by atomic mass is 79.9. The molecule has 0 radical (unpaired) electrons. The molecular formula is C15H22BrNOS. The Hall–Kier alpha value is -0.190. The maximum atomic E-state index is 12.6. The van der Waals surface area contributed by atoms with E-state index in [1.54, 1.807) is 0 Å². The molecule has 1 N–H and O–H groups in total. The average molecular weight is 344 g/mol. The molecule has 1 aliphatic rings. The monoisotopic (exact) mass is 343 g/mol. The van der Waals surface area contributed by atoms with Crippen molar-refractivity contribution in [3.63, 3.8) is 0 Å². The molecule has 1 aromatic carbocycles. The van der Waals surface area contributed by atoms with Crippen LogP contribution in [0.4, 0.5) is 0 Å². The van der Waals surface area contributed by atoms with Gasteiger partial charge in [-0.05, 0) is 56.5 Å². The van der Waals surface area contributed by atoms with Crippen LogP contribution < -0.4 is 5.32 Å². The van der Waals surface area contributed by atoms with Crippen molar-refractivity contribution in [3.8, 4) is 0 Å². The smallest absolute Gasteiger partial charge is 0.0561 e. The first-order chi connectivity index (χ1) is 9.20. The molecule has 0 aliphatic heterocycles. The molecule has 0 amide bonds. The van der Waals surface area contributed by atoms with Gasteiger partial charge in [0.15, 0.2) is 0 Å². The van der Waals surface area contributed by atoms with Gasteiger partial charge in [0, 0.05) is 20.7 Å². The van der Waals surface area contributed by atoms with Gasteiger partial charge >= 0.3 is 0 Å². The van der Waals surface area contributed by atoms with Crippen molar-refractivity contribution < 1.29 is 4.21 Å². The van der Waals surface area contributed by atoms with E-state index in [0.717, 1.165) is 35.2 Å². The van der Waals surface area contributed by atoms with Crippen LogP contribution in [0.5, 0.6) is 0 Å². The van der Waals surface area contributed by atoms with Gasteiger partial charge in [0.05, 0.1) is 10.8 Å². The lowest BCUT2D eigenvalue weighted by atomic mass is 9.95. The Bertz CT molecular complexity index is 421. The van der Waals surface area contributed by atoms with Crippen molar-refractivity contribution >= 4 is 26.7 Å².